The van der Waals surface area contributed by atoms with Crippen LogP contribution in [-0.2, 0) is 4.79 Å². The van der Waals surface area contributed by atoms with Crippen LogP contribution in [0.4, 0.5) is 0 Å². The lowest BCUT2D eigenvalue weighted by molar-refractivity contribution is -0.135. The molecule has 3 heterocycles. The van der Waals surface area contributed by atoms with E-state index >= 15 is 0 Å². The van der Waals surface area contributed by atoms with Gasteiger partial charge in [0, 0.05) is 32.2 Å². The molecule has 5 nitrogen and oxygen atoms in total. The minimum Gasteiger partial charge on any atom is -0.336 e. The number of piperidine rings is 1. The maximum atomic E-state index is 12.6. The van der Waals surface area contributed by atoms with Gasteiger partial charge in [0.15, 0.2) is 0 Å². The molecule has 2 aliphatic rings. The van der Waals surface area contributed by atoms with E-state index in [9.17, 15) is 9.59 Å². The van der Waals surface area contributed by atoms with Crippen LogP contribution in [0.1, 0.15) is 28.1 Å². The molecule has 0 spiro atoms. The predicted molar refractivity (Wildman–Crippen MR) is 82.6 cm³/mol. The maximum absolute atomic E-state index is 12.6. The topological polar surface area (TPSA) is 52.7 Å². The number of likely N-dealkylation sites (tertiary alicyclic amines) is 1. The Morgan fingerprint density at radius 2 is 2.29 bits per heavy atom. The third-order valence-corrected chi connectivity index (χ3v) is 5.31. The van der Waals surface area contributed by atoms with E-state index < -0.39 is 0 Å². The molecule has 2 aliphatic heterocycles. The van der Waals surface area contributed by atoms with Crippen LogP contribution in [0.3, 0.4) is 0 Å². The average molecular weight is 307 g/mol. The first-order valence-electron chi connectivity index (χ1n) is 7.50. The van der Waals surface area contributed by atoms with Crippen molar-refractivity contribution in [3.8, 4) is 0 Å². The van der Waals surface area contributed by atoms with Crippen molar-refractivity contribution in [3.63, 3.8) is 0 Å². The van der Waals surface area contributed by atoms with Crippen LogP contribution in [0.15, 0.2) is 11.4 Å². The summed E-state index contributed by atoms with van der Waals surface area (Å²) in [6.45, 7) is 5.47. The van der Waals surface area contributed by atoms with E-state index in [-0.39, 0.29) is 17.9 Å². The smallest absolute Gasteiger partial charge is 0.264 e. The monoisotopic (exact) mass is 307 g/mol. The number of amides is 2. The Morgan fingerprint density at radius 1 is 1.43 bits per heavy atom. The zero-order chi connectivity index (χ0) is 14.8. The van der Waals surface area contributed by atoms with Crippen molar-refractivity contribution >= 4 is 23.2 Å². The quantitative estimate of drug-likeness (QED) is 0.890. The molecular weight excluding hydrogens is 286 g/mol. The average Bonchev–Trinajstić information content (AvgIpc) is 2.93. The molecule has 1 aromatic rings. The van der Waals surface area contributed by atoms with Gasteiger partial charge in [-0.15, -0.1) is 11.3 Å². The molecule has 21 heavy (non-hydrogen) atoms. The Morgan fingerprint density at radius 3 is 3.00 bits per heavy atom. The zero-order valence-electron chi connectivity index (χ0n) is 12.3. The highest BCUT2D eigenvalue weighted by Crippen LogP contribution is 2.22. The molecule has 6 heteroatoms. The fourth-order valence-corrected chi connectivity index (χ4v) is 4.03. The fourth-order valence-electron chi connectivity index (χ4n) is 3.14. The Bertz CT molecular complexity index is 543. The van der Waals surface area contributed by atoms with Crippen molar-refractivity contribution in [2.45, 2.75) is 25.8 Å². The third kappa shape index (κ3) is 2.96. The van der Waals surface area contributed by atoms with Crippen molar-refractivity contribution in [3.05, 3.63) is 21.9 Å². The minimum atomic E-state index is 0.120. The number of hydrogen-bond acceptors (Lipinski definition) is 4. The molecule has 0 radical (unpaired) electrons. The number of thiophene rings is 1. The number of carbonyl (C=O) groups is 2. The Labute approximate surface area is 128 Å². The summed E-state index contributed by atoms with van der Waals surface area (Å²) in [5.41, 5.74) is 1.05. The Hall–Kier alpha value is -1.40. The summed E-state index contributed by atoms with van der Waals surface area (Å²) in [5.74, 6) is 0.280. The van der Waals surface area contributed by atoms with Crippen LogP contribution >= 0.6 is 11.3 Å². The van der Waals surface area contributed by atoms with E-state index in [0.717, 1.165) is 42.9 Å². The number of carbonyl (C=O) groups excluding carboxylic acids is 2. The Balaban J connectivity index is 1.69. The van der Waals surface area contributed by atoms with E-state index in [1.807, 2.05) is 28.2 Å². The van der Waals surface area contributed by atoms with Gasteiger partial charge in [0.2, 0.25) is 5.91 Å². The lowest BCUT2D eigenvalue weighted by Crippen LogP contribution is -2.57. The van der Waals surface area contributed by atoms with E-state index in [4.69, 9.17) is 0 Å². The van der Waals surface area contributed by atoms with Crippen molar-refractivity contribution in [2.75, 3.05) is 32.7 Å². The largest absolute Gasteiger partial charge is 0.336 e. The van der Waals surface area contributed by atoms with Crippen molar-refractivity contribution in [2.24, 2.45) is 0 Å². The van der Waals surface area contributed by atoms with Crippen LogP contribution in [0.25, 0.3) is 0 Å². The van der Waals surface area contributed by atoms with Crippen LogP contribution in [0.2, 0.25) is 0 Å². The fraction of sp³-hybridized carbons (Fsp3) is 0.600. The summed E-state index contributed by atoms with van der Waals surface area (Å²) in [5, 5.41) is 5.06. The maximum Gasteiger partial charge on any atom is 0.264 e. The molecule has 1 N–H and O–H groups in total. The zero-order valence-corrected chi connectivity index (χ0v) is 13.1. The molecule has 0 aliphatic carbocycles. The number of piperazine rings is 1. The van der Waals surface area contributed by atoms with Gasteiger partial charge in [0.05, 0.1) is 11.4 Å². The molecule has 0 aromatic carbocycles. The third-order valence-electron chi connectivity index (χ3n) is 4.31. The van der Waals surface area contributed by atoms with Crippen molar-refractivity contribution < 1.29 is 9.59 Å². The second-order valence-electron chi connectivity index (χ2n) is 5.74. The van der Waals surface area contributed by atoms with E-state index in [1.165, 1.54) is 11.3 Å². The van der Waals surface area contributed by atoms with E-state index in [0.29, 0.717) is 13.1 Å². The van der Waals surface area contributed by atoms with Gasteiger partial charge in [-0.05, 0) is 36.8 Å². The van der Waals surface area contributed by atoms with Gasteiger partial charge >= 0.3 is 0 Å². The number of aryl methyl sites for hydroxylation is 1. The van der Waals surface area contributed by atoms with Gasteiger partial charge in [-0.3, -0.25) is 9.59 Å². The van der Waals surface area contributed by atoms with Gasteiger partial charge < -0.3 is 15.1 Å². The molecule has 1 unspecified atom stereocenters. The van der Waals surface area contributed by atoms with Crippen LogP contribution < -0.4 is 5.32 Å². The highest BCUT2D eigenvalue weighted by molar-refractivity contribution is 7.12. The molecule has 2 fully saturated rings. The van der Waals surface area contributed by atoms with Gasteiger partial charge in [-0.2, -0.15) is 0 Å². The highest BCUT2D eigenvalue weighted by Gasteiger charge is 2.32. The predicted octanol–water partition coefficient (Wildman–Crippen LogP) is 1.09. The summed E-state index contributed by atoms with van der Waals surface area (Å²) in [7, 11) is 0. The number of hydrogen-bond donors (Lipinski definition) is 1. The minimum absolute atomic E-state index is 0.120. The lowest BCUT2D eigenvalue weighted by atomic mass is 10.0. The summed E-state index contributed by atoms with van der Waals surface area (Å²) in [4.78, 5) is 29.3. The lowest BCUT2D eigenvalue weighted by Gasteiger charge is -2.41. The van der Waals surface area contributed by atoms with Gasteiger partial charge in [-0.1, -0.05) is 0 Å². The first-order valence-corrected chi connectivity index (χ1v) is 8.38. The van der Waals surface area contributed by atoms with Gasteiger partial charge in [0.25, 0.3) is 5.91 Å². The molecular formula is C15H21N3O2S. The second-order valence-corrected chi connectivity index (χ2v) is 6.66. The Kier molecular flexibility index (Phi) is 4.26. The summed E-state index contributed by atoms with van der Waals surface area (Å²) >= 11 is 1.51. The molecule has 114 valence electrons. The molecule has 2 amide bonds. The van der Waals surface area contributed by atoms with Crippen molar-refractivity contribution in [1.82, 2.24) is 15.1 Å². The SMILES string of the molecule is Cc1ccsc1C(=O)N1CCCC(N2CCNCC2=O)C1. The highest BCUT2D eigenvalue weighted by atomic mass is 32.1. The molecule has 1 aromatic heterocycles. The molecule has 2 saturated heterocycles. The second kappa shape index (κ2) is 6.15. The standard InChI is InChI=1S/C15H21N3O2S/c1-11-4-8-21-14(11)15(20)17-6-2-3-12(10-17)18-7-5-16-9-13(18)19/h4,8,12,16H,2-3,5-7,9-10H2,1H3. The summed E-state index contributed by atoms with van der Waals surface area (Å²) in [6, 6.07) is 2.16. The molecule has 0 bridgehead atoms. The van der Waals surface area contributed by atoms with E-state index in [1.54, 1.807) is 0 Å². The normalized spacial score (nSPS) is 23.5. The molecule has 0 saturated carbocycles. The number of rotatable bonds is 2. The molecule has 3 rings (SSSR count). The first-order chi connectivity index (χ1) is 10.2. The van der Waals surface area contributed by atoms with Crippen LogP contribution in [0.5, 0.6) is 0 Å². The van der Waals surface area contributed by atoms with Crippen molar-refractivity contribution in [1.29, 1.82) is 0 Å². The van der Waals surface area contributed by atoms with E-state index in [2.05, 4.69) is 5.32 Å². The number of nitrogens with one attached hydrogen (secondary N) is 1. The number of nitrogens with zero attached hydrogens (tertiary/aromatic N) is 2. The van der Waals surface area contributed by atoms with Gasteiger partial charge in [-0.25, -0.2) is 0 Å². The van der Waals surface area contributed by atoms with Crippen LogP contribution in [0, 0.1) is 6.92 Å². The first kappa shape index (κ1) is 14.5. The molecule has 1 atom stereocenters. The van der Waals surface area contributed by atoms with Crippen LogP contribution in [-0.4, -0.2) is 60.4 Å². The summed E-state index contributed by atoms with van der Waals surface area (Å²) < 4.78 is 0. The summed E-state index contributed by atoms with van der Waals surface area (Å²) in [6.07, 6.45) is 1.97. The van der Waals surface area contributed by atoms with Gasteiger partial charge in [0.1, 0.15) is 0 Å².